The average Bonchev–Trinajstić information content (AvgIpc) is 2.31. The van der Waals surface area contributed by atoms with Crippen LogP contribution in [0.1, 0.15) is 6.92 Å². The number of likely N-dealkylation sites (N-methyl/N-ethyl adjacent to an activating group) is 1. The first-order valence-electron chi connectivity index (χ1n) is 4.92. The van der Waals surface area contributed by atoms with Gasteiger partial charge in [-0.15, -0.1) is 0 Å². The molecule has 7 nitrogen and oxygen atoms in total. The molecule has 0 radical (unpaired) electrons. The molecule has 130 valence electrons. The molecule has 0 atom stereocenters. The molecule has 0 saturated carbocycles. The highest BCUT2D eigenvalue weighted by molar-refractivity contribution is 8.04. The van der Waals surface area contributed by atoms with Crippen LogP contribution in [-0.2, 0) is 24.8 Å². The maximum atomic E-state index is 12.4. The summed E-state index contributed by atoms with van der Waals surface area (Å²) >= 11 is 0. The molecule has 0 spiro atoms. The minimum Gasteiger partial charge on any atom is -0.268 e. The molecule has 0 rings (SSSR count). The second-order valence-electron chi connectivity index (χ2n) is 3.34. The van der Waals surface area contributed by atoms with Crippen LogP contribution in [0, 0.1) is 0 Å². The Morgan fingerprint density at radius 3 is 1.50 bits per heavy atom. The molecule has 1 amide bonds. The van der Waals surface area contributed by atoms with E-state index in [2.05, 4.69) is 6.58 Å². The molecule has 0 N–H and O–H groups in total. The standard InChI is InChI=1S/C7H8F6N2O5S2/c1-3-5(16)14(4-2)15(21(17,18)6(8,9)10)22(19,20)7(11,12)13/h3H,1,4H2,2H3. The summed E-state index contributed by atoms with van der Waals surface area (Å²) in [4.78, 5) is 11.2. The van der Waals surface area contributed by atoms with Crippen molar-refractivity contribution in [1.29, 1.82) is 0 Å². The van der Waals surface area contributed by atoms with Crippen LogP contribution in [0.3, 0.4) is 0 Å². The van der Waals surface area contributed by atoms with E-state index in [1.807, 2.05) is 0 Å². The van der Waals surface area contributed by atoms with Crippen LogP contribution in [0.15, 0.2) is 12.7 Å². The normalized spacial score (nSPS) is 14.0. The van der Waals surface area contributed by atoms with Crippen LogP contribution in [-0.4, -0.2) is 49.1 Å². The van der Waals surface area contributed by atoms with Crippen LogP contribution >= 0.6 is 0 Å². The molecule has 0 aromatic heterocycles. The number of carbonyl (C=O) groups is 1. The SMILES string of the molecule is C=CC(=O)N(CC)N(S(=O)(=O)C(F)(F)F)S(=O)(=O)C(F)(F)F. The van der Waals surface area contributed by atoms with Crippen LogP contribution in [0.25, 0.3) is 0 Å². The van der Waals surface area contributed by atoms with Gasteiger partial charge < -0.3 is 0 Å². The Morgan fingerprint density at radius 1 is 1.00 bits per heavy atom. The maximum absolute atomic E-state index is 12.4. The highest BCUT2D eigenvalue weighted by Gasteiger charge is 2.64. The van der Waals surface area contributed by atoms with Crippen LogP contribution in [0.2, 0.25) is 0 Å². The highest BCUT2D eigenvalue weighted by Crippen LogP contribution is 2.36. The molecule has 15 heteroatoms. The monoisotopic (exact) mass is 378 g/mol. The van der Waals surface area contributed by atoms with Gasteiger partial charge in [0.25, 0.3) is 5.91 Å². The van der Waals surface area contributed by atoms with Crippen molar-refractivity contribution < 1.29 is 48.0 Å². The topological polar surface area (TPSA) is 91.8 Å². The first-order chi connectivity index (χ1) is 9.55. The average molecular weight is 378 g/mol. The van der Waals surface area contributed by atoms with E-state index in [1.165, 1.54) is 0 Å². The smallest absolute Gasteiger partial charge is 0.268 e. The Kier molecular flexibility index (Phi) is 5.67. The lowest BCUT2D eigenvalue weighted by molar-refractivity contribution is -0.133. The van der Waals surface area contributed by atoms with Gasteiger partial charge in [0.05, 0.1) is 0 Å². The lowest BCUT2D eigenvalue weighted by Crippen LogP contribution is -2.58. The molecule has 0 saturated heterocycles. The zero-order valence-electron chi connectivity index (χ0n) is 10.5. The van der Waals surface area contributed by atoms with Gasteiger partial charge in [-0.3, -0.25) is 4.79 Å². The highest BCUT2D eigenvalue weighted by atomic mass is 32.3. The number of hydrazine groups is 1. The zero-order valence-corrected chi connectivity index (χ0v) is 12.1. The van der Waals surface area contributed by atoms with Gasteiger partial charge in [-0.1, -0.05) is 6.58 Å². The lowest BCUT2D eigenvalue weighted by Gasteiger charge is -2.31. The van der Waals surface area contributed by atoms with E-state index < -0.39 is 52.3 Å². The fourth-order valence-electron chi connectivity index (χ4n) is 1.02. The van der Waals surface area contributed by atoms with Crippen LogP contribution in [0.5, 0.6) is 0 Å². The molecule has 0 aliphatic heterocycles. The van der Waals surface area contributed by atoms with E-state index in [0.717, 1.165) is 6.92 Å². The fraction of sp³-hybridized carbons (Fsp3) is 0.571. The molecular formula is C7H8F6N2O5S2. The van der Waals surface area contributed by atoms with Crippen molar-refractivity contribution in [2.24, 2.45) is 0 Å². The summed E-state index contributed by atoms with van der Waals surface area (Å²) in [6, 6.07) is 0. The van der Waals surface area contributed by atoms with Crippen molar-refractivity contribution in [3.05, 3.63) is 12.7 Å². The van der Waals surface area contributed by atoms with Gasteiger partial charge in [0.2, 0.25) is 0 Å². The number of hydrogen-bond donors (Lipinski definition) is 0. The van der Waals surface area contributed by atoms with Crippen LogP contribution in [0.4, 0.5) is 26.3 Å². The van der Waals surface area contributed by atoms with Crippen molar-refractivity contribution >= 4 is 26.0 Å². The summed E-state index contributed by atoms with van der Waals surface area (Å²) in [6.45, 7) is 2.36. The van der Waals surface area contributed by atoms with E-state index >= 15 is 0 Å². The number of halogens is 6. The Bertz CT molecular complexity index is 606. The number of nitrogens with zero attached hydrogens (tertiary/aromatic N) is 2. The zero-order chi connectivity index (χ0) is 18.1. The largest absolute Gasteiger partial charge is 0.514 e. The number of carbonyl (C=O) groups excluding carboxylic acids is 1. The summed E-state index contributed by atoms with van der Waals surface area (Å²) in [5.74, 6) is -1.80. The maximum Gasteiger partial charge on any atom is 0.514 e. The minimum atomic E-state index is -7.06. The van der Waals surface area contributed by atoms with Gasteiger partial charge in [0, 0.05) is 10.4 Å². The molecule has 22 heavy (non-hydrogen) atoms. The Hall–Kier alpha value is -1.35. The number of alkyl halides is 6. The van der Waals surface area contributed by atoms with Crippen LogP contribution < -0.4 is 0 Å². The first-order valence-corrected chi connectivity index (χ1v) is 7.80. The first kappa shape index (κ1) is 20.6. The lowest BCUT2D eigenvalue weighted by atomic mass is 10.5. The van der Waals surface area contributed by atoms with Gasteiger partial charge in [-0.25, -0.2) is 5.01 Å². The third kappa shape index (κ3) is 3.52. The van der Waals surface area contributed by atoms with E-state index in [0.29, 0.717) is 0 Å². The van der Waals surface area contributed by atoms with E-state index in [-0.39, 0.29) is 6.08 Å². The Labute approximate surface area is 120 Å². The van der Waals surface area contributed by atoms with E-state index in [1.54, 1.807) is 0 Å². The minimum absolute atomic E-state index is 0.147. The summed E-state index contributed by atoms with van der Waals surface area (Å²) in [5, 5.41) is -0.765. The summed E-state index contributed by atoms with van der Waals surface area (Å²) in [7, 11) is -14.1. The molecular weight excluding hydrogens is 370 g/mol. The summed E-state index contributed by atoms with van der Waals surface area (Å²) in [6.07, 6.45) is 0.147. The Balaban J connectivity index is 6.64. The van der Waals surface area contributed by atoms with Gasteiger partial charge >= 0.3 is 31.1 Å². The number of hydrogen-bond acceptors (Lipinski definition) is 5. The Morgan fingerprint density at radius 2 is 1.32 bits per heavy atom. The predicted octanol–water partition coefficient (Wildman–Crippen LogP) is 0.937. The molecule has 0 aromatic rings. The quantitative estimate of drug-likeness (QED) is 0.403. The van der Waals surface area contributed by atoms with Crippen molar-refractivity contribution in [1.82, 2.24) is 8.83 Å². The molecule has 0 unspecified atom stereocenters. The van der Waals surface area contributed by atoms with Crippen molar-refractivity contribution in [2.75, 3.05) is 6.54 Å². The second kappa shape index (κ2) is 6.04. The van der Waals surface area contributed by atoms with Gasteiger partial charge in [-0.05, 0) is 13.0 Å². The summed E-state index contributed by atoms with van der Waals surface area (Å²) < 4.78 is 117. The predicted molar refractivity (Wildman–Crippen MR) is 59.4 cm³/mol. The van der Waals surface area contributed by atoms with E-state index in [4.69, 9.17) is 0 Å². The van der Waals surface area contributed by atoms with Crippen molar-refractivity contribution in [3.8, 4) is 0 Å². The van der Waals surface area contributed by atoms with Gasteiger partial charge in [0.15, 0.2) is 0 Å². The molecule has 0 fully saturated rings. The number of amides is 1. The van der Waals surface area contributed by atoms with Crippen molar-refractivity contribution in [2.45, 2.75) is 17.9 Å². The van der Waals surface area contributed by atoms with Crippen molar-refractivity contribution in [3.63, 3.8) is 0 Å². The molecule has 0 aromatic carbocycles. The fourth-order valence-corrected chi connectivity index (χ4v) is 3.83. The molecule has 0 heterocycles. The van der Waals surface area contributed by atoms with Gasteiger partial charge in [0.1, 0.15) is 0 Å². The van der Waals surface area contributed by atoms with E-state index in [9.17, 15) is 48.0 Å². The third-order valence-electron chi connectivity index (χ3n) is 1.92. The molecule has 0 bridgehead atoms. The number of sulfonamides is 2. The second-order valence-corrected chi connectivity index (χ2v) is 7.09. The molecule has 0 aliphatic carbocycles. The summed E-state index contributed by atoms with van der Waals surface area (Å²) in [5.41, 5.74) is -12.8. The molecule has 0 aliphatic rings. The number of rotatable bonds is 5. The van der Waals surface area contributed by atoms with Gasteiger partial charge in [-0.2, -0.15) is 43.2 Å². The third-order valence-corrected chi connectivity index (χ3v) is 5.49.